The Bertz CT molecular complexity index is 1100. The van der Waals surface area contributed by atoms with Crippen LogP contribution in [0.25, 0.3) is 10.9 Å². The Balaban J connectivity index is 1.35. The molecule has 3 aromatic rings. The van der Waals surface area contributed by atoms with Crippen molar-refractivity contribution in [3.05, 3.63) is 45.8 Å². The molecule has 1 fully saturated rings. The molecule has 1 aliphatic carbocycles. The summed E-state index contributed by atoms with van der Waals surface area (Å²) in [5.41, 5.74) is 2.73. The molecule has 29 heavy (non-hydrogen) atoms. The molecular formula is C21H23FN4O2S. The Hall–Kier alpha value is -2.45. The van der Waals surface area contributed by atoms with Crippen LogP contribution >= 0.6 is 11.3 Å². The lowest BCUT2D eigenvalue weighted by molar-refractivity contribution is 0.0731. The average Bonchev–Trinajstić information content (AvgIpc) is 3.27. The van der Waals surface area contributed by atoms with Gasteiger partial charge < -0.3 is 20.3 Å². The molecule has 1 amide bonds. The van der Waals surface area contributed by atoms with Gasteiger partial charge in [0.2, 0.25) is 0 Å². The van der Waals surface area contributed by atoms with Crippen LogP contribution in [0, 0.1) is 12.7 Å². The Labute approximate surface area is 171 Å². The Kier molecular flexibility index (Phi) is 4.36. The van der Waals surface area contributed by atoms with Gasteiger partial charge in [-0.05, 0) is 49.9 Å². The fraction of sp³-hybridized carbons (Fsp3) is 0.429. The second-order valence-electron chi connectivity index (χ2n) is 8.15. The molecule has 0 spiro atoms. The maximum absolute atomic E-state index is 13.7. The summed E-state index contributed by atoms with van der Waals surface area (Å²) in [6.07, 6.45) is 3.74. The number of aromatic amines is 1. The van der Waals surface area contributed by atoms with Crippen molar-refractivity contribution in [2.75, 3.05) is 18.5 Å². The fourth-order valence-corrected chi connectivity index (χ4v) is 5.38. The van der Waals surface area contributed by atoms with Gasteiger partial charge in [-0.1, -0.05) is 11.3 Å². The summed E-state index contributed by atoms with van der Waals surface area (Å²) >= 11 is 1.57. The quantitative estimate of drug-likeness (QED) is 0.609. The lowest BCUT2D eigenvalue weighted by Gasteiger charge is -2.40. The zero-order valence-corrected chi connectivity index (χ0v) is 17.0. The number of nitrogens with zero attached hydrogens (tertiary/aromatic N) is 2. The highest BCUT2D eigenvalue weighted by atomic mass is 32.1. The number of aliphatic hydroxyl groups excluding tert-OH is 1. The predicted molar refractivity (Wildman–Crippen MR) is 111 cm³/mol. The number of amides is 1. The molecule has 1 aliphatic heterocycles. The lowest BCUT2D eigenvalue weighted by Crippen LogP contribution is -2.48. The van der Waals surface area contributed by atoms with Crippen LogP contribution in [0.4, 0.5) is 9.52 Å². The number of halogens is 1. The van der Waals surface area contributed by atoms with Gasteiger partial charge in [0.05, 0.1) is 24.4 Å². The Morgan fingerprint density at radius 1 is 1.41 bits per heavy atom. The zero-order valence-electron chi connectivity index (χ0n) is 16.2. The van der Waals surface area contributed by atoms with Gasteiger partial charge in [0, 0.05) is 28.7 Å². The van der Waals surface area contributed by atoms with Gasteiger partial charge in [-0.2, -0.15) is 0 Å². The molecule has 0 unspecified atom stereocenters. The summed E-state index contributed by atoms with van der Waals surface area (Å²) in [5, 5.41) is 14.8. The van der Waals surface area contributed by atoms with Crippen LogP contribution in [0.1, 0.15) is 45.9 Å². The number of benzene rings is 1. The molecule has 2 aromatic heterocycles. The number of hydrogen-bond acceptors (Lipinski definition) is 5. The largest absolute Gasteiger partial charge is 0.394 e. The van der Waals surface area contributed by atoms with Crippen LogP contribution in [0.5, 0.6) is 0 Å². The summed E-state index contributed by atoms with van der Waals surface area (Å²) in [7, 11) is 0. The second kappa shape index (κ2) is 6.81. The fourth-order valence-electron chi connectivity index (χ4n) is 4.24. The molecule has 1 aromatic carbocycles. The van der Waals surface area contributed by atoms with Crippen molar-refractivity contribution in [3.63, 3.8) is 0 Å². The van der Waals surface area contributed by atoms with Crippen molar-refractivity contribution in [2.45, 2.75) is 44.7 Å². The van der Waals surface area contributed by atoms with E-state index >= 15 is 0 Å². The molecule has 8 heteroatoms. The summed E-state index contributed by atoms with van der Waals surface area (Å²) in [5.74, 6) is -0.393. The number of carbonyl (C=O) groups excluding carboxylic acids is 1. The van der Waals surface area contributed by atoms with E-state index in [1.807, 2.05) is 17.9 Å². The number of hydrogen-bond donors (Lipinski definition) is 3. The molecule has 3 heterocycles. The highest BCUT2D eigenvalue weighted by Gasteiger charge is 2.37. The number of nitrogens with one attached hydrogen (secondary N) is 2. The van der Waals surface area contributed by atoms with Crippen LogP contribution in [0.3, 0.4) is 0 Å². The first-order chi connectivity index (χ1) is 14.0. The van der Waals surface area contributed by atoms with Crippen LogP contribution in [0.2, 0.25) is 0 Å². The monoisotopic (exact) mass is 414 g/mol. The van der Waals surface area contributed by atoms with Gasteiger partial charge >= 0.3 is 0 Å². The van der Waals surface area contributed by atoms with Gasteiger partial charge in [0.25, 0.3) is 5.91 Å². The minimum atomic E-state index is -0.310. The third-order valence-corrected chi connectivity index (χ3v) is 7.14. The average molecular weight is 415 g/mol. The molecular weight excluding hydrogens is 391 g/mol. The van der Waals surface area contributed by atoms with Crippen molar-refractivity contribution in [3.8, 4) is 0 Å². The Morgan fingerprint density at radius 2 is 2.24 bits per heavy atom. The molecule has 0 saturated heterocycles. The molecule has 3 N–H and O–H groups in total. The van der Waals surface area contributed by atoms with E-state index in [4.69, 9.17) is 4.98 Å². The first kappa shape index (κ1) is 18.6. The molecule has 152 valence electrons. The van der Waals surface area contributed by atoms with Gasteiger partial charge in [-0.3, -0.25) is 4.79 Å². The highest BCUT2D eigenvalue weighted by Crippen LogP contribution is 2.37. The maximum Gasteiger partial charge on any atom is 0.270 e. The number of fused-ring (bicyclic) bond motifs is 2. The minimum absolute atomic E-state index is 0.0830. The van der Waals surface area contributed by atoms with E-state index in [1.165, 1.54) is 12.1 Å². The zero-order chi connectivity index (χ0) is 20.2. The lowest BCUT2D eigenvalue weighted by atomic mass is 9.77. The van der Waals surface area contributed by atoms with Gasteiger partial charge in [0.15, 0.2) is 5.13 Å². The van der Waals surface area contributed by atoms with Crippen molar-refractivity contribution in [1.82, 2.24) is 14.9 Å². The van der Waals surface area contributed by atoms with Crippen molar-refractivity contribution in [1.29, 1.82) is 0 Å². The van der Waals surface area contributed by atoms with Crippen LogP contribution in [0.15, 0.2) is 18.2 Å². The number of aromatic nitrogens is 2. The van der Waals surface area contributed by atoms with E-state index in [0.29, 0.717) is 30.7 Å². The molecule has 0 bridgehead atoms. The van der Waals surface area contributed by atoms with E-state index in [2.05, 4.69) is 10.3 Å². The van der Waals surface area contributed by atoms with Crippen LogP contribution in [-0.4, -0.2) is 44.6 Å². The van der Waals surface area contributed by atoms with Crippen molar-refractivity contribution < 1.29 is 14.3 Å². The van der Waals surface area contributed by atoms with Crippen LogP contribution < -0.4 is 5.32 Å². The third-order valence-electron chi connectivity index (χ3n) is 6.14. The third kappa shape index (κ3) is 3.20. The van der Waals surface area contributed by atoms with Gasteiger partial charge in [-0.15, -0.1) is 0 Å². The summed E-state index contributed by atoms with van der Waals surface area (Å²) in [6, 6.07) is 4.71. The number of aryl methyl sites for hydroxylation is 1. The second-order valence-corrected chi connectivity index (χ2v) is 9.23. The first-order valence-electron chi connectivity index (χ1n) is 9.92. The standard InChI is InChI=1S/C21H23FN4O2S/c1-12-7-13(22)8-16-14(12)9-17(23-16)19(28)26-6-3-15-18(10-26)29-20(24-15)25-21(11-27)4-2-5-21/h7-9,23,27H,2-6,10-11H2,1H3,(H,24,25). The maximum atomic E-state index is 13.7. The topological polar surface area (TPSA) is 81.2 Å². The first-order valence-corrected chi connectivity index (χ1v) is 10.7. The van der Waals surface area contributed by atoms with Crippen LogP contribution in [-0.2, 0) is 13.0 Å². The van der Waals surface area contributed by atoms with E-state index in [-0.39, 0.29) is 23.9 Å². The SMILES string of the molecule is Cc1cc(F)cc2[nH]c(C(=O)N3CCc4nc(NC5(CO)CCC5)sc4C3)cc12. The van der Waals surface area contributed by atoms with Crippen molar-refractivity contribution >= 4 is 33.3 Å². The predicted octanol–water partition coefficient (Wildman–Crippen LogP) is 3.60. The van der Waals surface area contributed by atoms with E-state index in [1.54, 1.807) is 11.3 Å². The number of carbonyl (C=O) groups is 1. The molecule has 6 nitrogen and oxygen atoms in total. The number of anilines is 1. The number of thiazole rings is 1. The molecule has 0 radical (unpaired) electrons. The minimum Gasteiger partial charge on any atom is -0.394 e. The van der Waals surface area contributed by atoms with E-state index in [9.17, 15) is 14.3 Å². The summed E-state index contributed by atoms with van der Waals surface area (Å²) in [6.45, 7) is 3.07. The van der Waals surface area contributed by atoms with Crippen molar-refractivity contribution in [2.24, 2.45) is 0 Å². The normalized spacial score (nSPS) is 17.8. The summed E-state index contributed by atoms with van der Waals surface area (Å²) < 4.78 is 13.7. The molecule has 0 atom stereocenters. The highest BCUT2D eigenvalue weighted by molar-refractivity contribution is 7.15. The molecule has 5 rings (SSSR count). The van der Waals surface area contributed by atoms with E-state index in [0.717, 1.165) is 45.9 Å². The Morgan fingerprint density at radius 3 is 2.97 bits per heavy atom. The van der Waals surface area contributed by atoms with Gasteiger partial charge in [0.1, 0.15) is 11.5 Å². The van der Waals surface area contributed by atoms with E-state index < -0.39 is 0 Å². The smallest absolute Gasteiger partial charge is 0.270 e. The molecule has 2 aliphatic rings. The summed E-state index contributed by atoms with van der Waals surface area (Å²) in [4.78, 5) is 23.7. The molecule has 1 saturated carbocycles. The van der Waals surface area contributed by atoms with Gasteiger partial charge in [-0.25, -0.2) is 9.37 Å². The number of H-pyrrole nitrogens is 1. The number of aliphatic hydroxyl groups is 1. The number of rotatable bonds is 4.